The number of anilines is 1. The van der Waals surface area contributed by atoms with Gasteiger partial charge in [0, 0.05) is 15.5 Å². The lowest BCUT2D eigenvalue weighted by Crippen LogP contribution is -1.92. The van der Waals surface area contributed by atoms with Crippen molar-refractivity contribution in [3.8, 4) is 11.3 Å². The third-order valence-corrected chi connectivity index (χ3v) is 4.90. The average molecular weight is 279 g/mol. The number of nitrogens with zero attached hydrogens (tertiary/aromatic N) is 1. The van der Waals surface area contributed by atoms with E-state index in [1.165, 1.54) is 30.6 Å². The standard InChI is InChI=1S/C14H15ClN2S/c15-11-8-4-3-7-10(11)12-13(18-14(16)17-12)9-5-1-2-6-9/h3-4,7-9H,1-2,5-6H2,(H2,16,17). The van der Waals surface area contributed by atoms with Crippen LogP contribution in [0.1, 0.15) is 36.5 Å². The van der Waals surface area contributed by atoms with Crippen molar-refractivity contribution >= 4 is 28.1 Å². The van der Waals surface area contributed by atoms with Crippen molar-refractivity contribution in [2.45, 2.75) is 31.6 Å². The summed E-state index contributed by atoms with van der Waals surface area (Å²) in [4.78, 5) is 5.82. The second kappa shape index (κ2) is 4.90. The van der Waals surface area contributed by atoms with Gasteiger partial charge in [0.2, 0.25) is 0 Å². The van der Waals surface area contributed by atoms with Crippen LogP contribution in [0, 0.1) is 0 Å². The summed E-state index contributed by atoms with van der Waals surface area (Å²) in [6, 6.07) is 7.87. The van der Waals surface area contributed by atoms with Crippen LogP contribution in [0.2, 0.25) is 5.02 Å². The molecule has 1 saturated carbocycles. The van der Waals surface area contributed by atoms with Gasteiger partial charge in [0.15, 0.2) is 5.13 Å². The number of halogens is 1. The summed E-state index contributed by atoms with van der Waals surface area (Å²) in [6.45, 7) is 0. The van der Waals surface area contributed by atoms with Crippen molar-refractivity contribution in [2.75, 3.05) is 5.73 Å². The predicted octanol–water partition coefficient (Wildman–Crippen LogP) is 4.70. The molecule has 0 saturated heterocycles. The summed E-state index contributed by atoms with van der Waals surface area (Å²) in [5.74, 6) is 0.617. The largest absolute Gasteiger partial charge is 0.375 e. The van der Waals surface area contributed by atoms with Crippen molar-refractivity contribution in [3.05, 3.63) is 34.2 Å². The number of nitrogen functional groups attached to an aromatic ring is 1. The molecule has 0 spiro atoms. The third-order valence-electron chi connectivity index (χ3n) is 3.52. The molecule has 1 aromatic heterocycles. The van der Waals surface area contributed by atoms with E-state index >= 15 is 0 Å². The number of thiazole rings is 1. The highest BCUT2D eigenvalue weighted by Gasteiger charge is 2.24. The Hall–Kier alpha value is -1.06. The number of nitrogens with two attached hydrogens (primary N) is 1. The van der Waals surface area contributed by atoms with E-state index < -0.39 is 0 Å². The zero-order valence-electron chi connectivity index (χ0n) is 10.0. The van der Waals surface area contributed by atoms with E-state index in [0.29, 0.717) is 11.0 Å². The van der Waals surface area contributed by atoms with Crippen molar-refractivity contribution in [1.82, 2.24) is 4.98 Å². The molecule has 0 amide bonds. The molecule has 1 aliphatic rings. The molecule has 0 unspecified atom stereocenters. The molecule has 3 rings (SSSR count). The fourth-order valence-corrected chi connectivity index (χ4v) is 3.90. The Morgan fingerprint density at radius 3 is 2.67 bits per heavy atom. The molecule has 1 fully saturated rings. The molecule has 1 aromatic carbocycles. The van der Waals surface area contributed by atoms with E-state index in [2.05, 4.69) is 4.98 Å². The summed E-state index contributed by atoms with van der Waals surface area (Å²) in [6.07, 6.45) is 5.12. The normalized spacial score (nSPS) is 16.3. The van der Waals surface area contributed by atoms with E-state index in [1.807, 2.05) is 24.3 Å². The number of benzene rings is 1. The van der Waals surface area contributed by atoms with E-state index in [0.717, 1.165) is 16.3 Å². The molecule has 1 heterocycles. The lowest BCUT2D eigenvalue weighted by atomic mass is 10.0. The SMILES string of the molecule is Nc1nc(-c2ccccc2Cl)c(C2CCCC2)s1. The Bertz CT molecular complexity index is 559. The second-order valence-electron chi connectivity index (χ2n) is 4.73. The molecule has 2 aromatic rings. The van der Waals surface area contributed by atoms with Gasteiger partial charge in [-0.05, 0) is 24.8 Å². The maximum Gasteiger partial charge on any atom is 0.180 e. The zero-order chi connectivity index (χ0) is 12.5. The van der Waals surface area contributed by atoms with Gasteiger partial charge in [-0.15, -0.1) is 11.3 Å². The Kier molecular flexibility index (Phi) is 3.27. The second-order valence-corrected chi connectivity index (χ2v) is 6.20. The van der Waals surface area contributed by atoms with Crippen LogP contribution >= 0.6 is 22.9 Å². The topological polar surface area (TPSA) is 38.9 Å². The quantitative estimate of drug-likeness (QED) is 0.864. The van der Waals surface area contributed by atoms with Crippen molar-refractivity contribution in [1.29, 1.82) is 0 Å². The van der Waals surface area contributed by atoms with Gasteiger partial charge in [-0.25, -0.2) is 4.98 Å². The summed E-state index contributed by atoms with van der Waals surface area (Å²) in [5.41, 5.74) is 7.90. The molecule has 2 N–H and O–H groups in total. The number of rotatable bonds is 2. The van der Waals surface area contributed by atoms with Crippen LogP contribution < -0.4 is 5.73 Å². The molecule has 18 heavy (non-hydrogen) atoms. The summed E-state index contributed by atoms with van der Waals surface area (Å²) in [7, 11) is 0. The van der Waals surface area contributed by atoms with Crippen LogP contribution in [-0.2, 0) is 0 Å². The van der Waals surface area contributed by atoms with Crippen LogP contribution in [0.5, 0.6) is 0 Å². The fourth-order valence-electron chi connectivity index (χ4n) is 2.66. The van der Waals surface area contributed by atoms with Gasteiger partial charge < -0.3 is 5.73 Å². The molecule has 0 aliphatic heterocycles. The van der Waals surface area contributed by atoms with Gasteiger partial charge in [0.25, 0.3) is 0 Å². The number of aromatic nitrogens is 1. The average Bonchev–Trinajstić information content (AvgIpc) is 2.98. The summed E-state index contributed by atoms with van der Waals surface area (Å²) in [5, 5.41) is 1.40. The molecular weight excluding hydrogens is 264 g/mol. The molecule has 0 radical (unpaired) electrons. The smallest absolute Gasteiger partial charge is 0.180 e. The maximum absolute atomic E-state index is 6.27. The Morgan fingerprint density at radius 1 is 1.22 bits per heavy atom. The minimum atomic E-state index is 0.617. The van der Waals surface area contributed by atoms with Crippen molar-refractivity contribution in [3.63, 3.8) is 0 Å². The maximum atomic E-state index is 6.27. The predicted molar refractivity (Wildman–Crippen MR) is 78.2 cm³/mol. The van der Waals surface area contributed by atoms with E-state index in [1.54, 1.807) is 11.3 Å². The fraction of sp³-hybridized carbons (Fsp3) is 0.357. The number of hydrogen-bond donors (Lipinski definition) is 1. The summed E-state index contributed by atoms with van der Waals surface area (Å²) < 4.78 is 0. The van der Waals surface area contributed by atoms with Crippen LogP contribution in [-0.4, -0.2) is 4.98 Å². The summed E-state index contributed by atoms with van der Waals surface area (Å²) >= 11 is 7.89. The molecule has 0 bridgehead atoms. The molecular formula is C14H15ClN2S. The lowest BCUT2D eigenvalue weighted by Gasteiger charge is -2.09. The van der Waals surface area contributed by atoms with Crippen molar-refractivity contribution < 1.29 is 0 Å². The van der Waals surface area contributed by atoms with Gasteiger partial charge in [0.05, 0.1) is 5.69 Å². The monoisotopic (exact) mass is 278 g/mol. The van der Waals surface area contributed by atoms with E-state index in [9.17, 15) is 0 Å². The minimum absolute atomic E-state index is 0.617. The van der Waals surface area contributed by atoms with Crippen LogP contribution in [0.15, 0.2) is 24.3 Å². The zero-order valence-corrected chi connectivity index (χ0v) is 11.6. The van der Waals surface area contributed by atoms with Gasteiger partial charge >= 0.3 is 0 Å². The van der Waals surface area contributed by atoms with Gasteiger partial charge in [-0.3, -0.25) is 0 Å². The van der Waals surface area contributed by atoms with Gasteiger partial charge in [-0.1, -0.05) is 42.6 Å². The molecule has 2 nitrogen and oxygen atoms in total. The Balaban J connectivity index is 2.09. The van der Waals surface area contributed by atoms with E-state index in [4.69, 9.17) is 17.3 Å². The van der Waals surface area contributed by atoms with Gasteiger partial charge in [0.1, 0.15) is 0 Å². The first-order chi connectivity index (χ1) is 8.75. The van der Waals surface area contributed by atoms with E-state index in [-0.39, 0.29) is 0 Å². The lowest BCUT2D eigenvalue weighted by molar-refractivity contribution is 0.738. The highest BCUT2D eigenvalue weighted by atomic mass is 35.5. The van der Waals surface area contributed by atoms with Crippen LogP contribution in [0.3, 0.4) is 0 Å². The minimum Gasteiger partial charge on any atom is -0.375 e. The first-order valence-electron chi connectivity index (χ1n) is 6.27. The highest BCUT2D eigenvalue weighted by Crippen LogP contribution is 2.44. The molecule has 4 heteroatoms. The van der Waals surface area contributed by atoms with Crippen LogP contribution in [0.25, 0.3) is 11.3 Å². The first-order valence-corrected chi connectivity index (χ1v) is 7.46. The Morgan fingerprint density at radius 2 is 1.94 bits per heavy atom. The molecule has 1 aliphatic carbocycles. The van der Waals surface area contributed by atoms with Crippen LogP contribution in [0.4, 0.5) is 5.13 Å². The van der Waals surface area contributed by atoms with Crippen molar-refractivity contribution in [2.24, 2.45) is 0 Å². The molecule has 0 atom stereocenters. The first kappa shape index (κ1) is 12.0. The number of hydrogen-bond acceptors (Lipinski definition) is 3. The highest BCUT2D eigenvalue weighted by molar-refractivity contribution is 7.15. The van der Waals surface area contributed by atoms with Gasteiger partial charge in [-0.2, -0.15) is 0 Å². The Labute approximate surface area is 116 Å². The molecule has 94 valence electrons. The third kappa shape index (κ3) is 2.13.